The van der Waals surface area contributed by atoms with E-state index in [0.29, 0.717) is 26.1 Å². The second kappa shape index (κ2) is 9.73. The molecule has 0 spiro atoms. The zero-order chi connectivity index (χ0) is 15.7. The van der Waals surface area contributed by atoms with Crippen molar-refractivity contribution in [2.24, 2.45) is 0 Å². The standard InChI is InChI=1S/C15H28N2O4/c1-12(2)21-10-6-8-16-14(18)11-17-9-5-3-4-7-13(17)15(19)20/h12-13H,3-11H2,1-2H3,(H,16,18)(H,19,20). The highest BCUT2D eigenvalue weighted by atomic mass is 16.5. The zero-order valence-electron chi connectivity index (χ0n) is 13.1. The smallest absolute Gasteiger partial charge is 0.320 e. The van der Waals surface area contributed by atoms with Crippen LogP contribution in [0, 0.1) is 0 Å². The monoisotopic (exact) mass is 300 g/mol. The largest absolute Gasteiger partial charge is 0.480 e. The van der Waals surface area contributed by atoms with Crippen LogP contribution in [0.1, 0.15) is 46.0 Å². The first-order valence-corrected chi connectivity index (χ1v) is 7.86. The van der Waals surface area contributed by atoms with E-state index in [1.54, 1.807) is 4.90 Å². The third-order valence-electron chi connectivity index (χ3n) is 3.59. The van der Waals surface area contributed by atoms with Crippen LogP contribution in [0.2, 0.25) is 0 Å². The quantitative estimate of drug-likeness (QED) is 0.660. The zero-order valence-corrected chi connectivity index (χ0v) is 13.1. The van der Waals surface area contributed by atoms with Gasteiger partial charge in [-0.3, -0.25) is 14.5 Å². The normalized spacial score (nSPS) is 20.2. The molecule has 122 valence electrons. The summed E-state index contributed by atoms with van der Waals surface area (Å²) in [7, 11) is 0. The average Bonchev–Trinajstić information content (AvgIpc) is 2.63. The van der Waals surface area contributed by atoms with Gasteiger partial charge in [0.2, 0.25) is 5.91 Å². The molecule has 1 atom stereocenters. The number of carboxylic acid groups (broad SMARTS) is 1. The van der Waals surface area contributed by atoms with E-state index in [1.165, 1.54) is 0 Å². The van der Waals surface area contributed by atoms with Crippen LogP contribution in [0.15, 0.2) is 0 Å². The van der Waals surface area contributed by atoms with Crippen molar-refractivity contribution in [2.75, 3.05) is 26.2 Å². The SMILES string of the molecule is CC(C)OCCCNC(=O)CN1CCCCCC1C(=O)O. The summed E-state index contributed by atoms with van der Waals surface area (Å²) in [5.41, 5.74) is 0. The highest BCUT2D eigenvalue weighted by Crippen LogP contribution is 2.16. The lowest BCUT2D eigenvalue weighted by Crippen LogP contribution is -2.46. The summed E-state index contributed by atoms with van der Waals surface area (Å²) >= 11 is 0. The summed E-state index contributed by atoms with van der Waals surface area (Å²) in [4.78, 5) is 25.0. The van der Waals surface area contributed by atoms with E-state index in [9.17, 15) is 14.7 Å². The molecule has 0 bridgehead atoms. The van der Waals surface area contributed by atoms with Gasteiger partial charge in [-0.05, 0) is 39.7 Å². The van der Waals surface area contributed by atoms with Crippen LogP contribution in [0.25, 0.3) is 0 Å². The minimum atomic E-state index is -0.824. The second-order valence-corrected chi connectivity index (χ2v) is 5.80. The highest BCUT2D eigenvalue weighted by Gasteiger charge is 2.28. The Labute approximate surface area is 126 Å². The van der Waals surface area contributed by atoms with Crippen molar-refractivity contribution in [1.29, 1.82) is 0 Å². The van der Waals surface area contributed by atoms with Crippen LogP contribution in [0.5, 0.6) is 0 Å². The fraction of sp³-hybridized carbons (Fsp3) is 0.867. The van der Waals surface area contributed by atoms with Crippen molar-refractivity contribution in [2.45, 2.75) is 58.1 Å². The lowest BCUT2D eigenvalue weighted by atomic mass is 10.1. The second-order valence-electron chi connectivity index (χ2n) is 5.80. The van der Waals surface area contributed by atoms with E-state index in [4.69, 9.17) is 4.74 Å². The van der Waals surface area contributed by atoms with Gasteiger partial charge in [-0.15, -0.1) is 0 Å². The molecule has 1 amide bonds. The maximum atomic E-state index is 11.9. The van der Waals surface area contributed by atoms with E-state index in [0.717, 1.165) is 25.7 Å². The predicted molar refractivity (Wildman–Crippen MR) is 80.2 cm³/mol. The van der Waals surface area contributed by atoms with Gasteiger partial charge in [-0.25, -0.2) is 0 Å². The number of nitrogens with one attached hydrogen (secondary N) is 1. The number of hydrogen-bond donors (Lipinski definition) is 2. The first-order valence-electron chi connectivity index (χ1n) is 7.86. The highest BCUT2D eigenvalue weighted by molar-refractivity contribution is 5.79. The maximum Gasteiger partial charge on any atom is 0.320 e. The van der Waals surface area contributed by atoms with Crippen LogP contribution < -0.4 is 5.32 Å². The molecule has 0 aromatic carbocycles. The molecule has 21 heavy (non-hydrogen) atoms. The Kier molecular flexibility index (Phi) is 8.30. The van der Waals surface area contributed by atoms with Crippen LogP contribution in [-0.2, 0) is 14.3 Å². The minimum Gasteiger partial charge on any atom is -0.480 e. The van der Waals surface area contributed by atoms with Crippen molar-refractivity contribution >= 4 is 11.9 Å². The molecule has 6 nitrogen and oxygen atoms in total. The number of aliphatic carboxylic acids is 1. The fourth-order valence-electron chi connectivity index (χ4n) is 2.50. The Hall–Kier alpha value is -1.14. The molecule has 1 aliphatic rings. The molecule has 1 saturated heterocycles. The summed E-state index contributed by atoms with van der Waals surface area (Å²) in [6, 6.07) is -0.525. The maximum absolute atomic E-state index is 11.9. The van der Waals surface area contributed by atoms with Gasteiger partial charge in [0.05, 0.1) is 12.6 Å². The Balaban J connectivity index is 2.29. The van der Waals surface area contributed by atoms with Crippen LogP contribution >= 0.6 is 0 Å². The average molecular weight is 300 g/mol. The van der Waals surface area contributed by atoms with Crippen LogP contribution in [0.4, 0.5) is 0 Å². The van der Waals surface area contributed by atoms with E-state index in [2.05, 4.69) is 5.32 Å². The molecule has 0 aliphatic carbocycles. The number of carbonyl (C=O) groups is 2. The van der Waals surface area contributed by atoms with Gasteiger partial charge in [0, 0.05) is 13.2 Å². The lowest BCUT2D eigenvalue weighted by Gasteiger charge is -2.25. The molecule has 1 rings (SSSR count). The summed E-state index contributed by atoms with van der Waals surface area (Å²) in [5, 5.41) is 12.1. The Morgan fingerprint density at radius 2 is 2.10 bits per heavy atom. The van der Waals surface area contributed by atoms with Gasteiger partial charge < -0.3 is 15.2 Å². The Morgan fingerprint density at radius 1 is 1.33 bits per heavy atom. The molecular formula is C15H28N2O4. The van der Waals surface area contributed by atoms with Crippen LogP contribution in [0.3, 0.4) is 0 Å². The van der Waals surface area contributed by atoms with E-state index >= 15 is 0 Å². The Bertz CT molecular complexity index is 334. The number of rotatable bonds is 8. The Morgan fingerprint density at radius 3 is 2.76 bits per heavy atom. The number of ether oxygens (including phenoxy) is 1. The molecule has 6 heteroatoms. The first kappa shape index (κ1) is 17.9. The van der Waals surface area contributed by atoms with Crippen molar-refractivity contribution in [1.82, 2.24) is 10.2 Å². The predicted octanol–water partition coefficient (Wildman–Crippen LogP) is 1.25. The molecule has 0 aromatic heterocycles. The van der Waals surface area contributed by atoms with Crippen LogP contribution in [-0.4, -0.2) is 60.3 Å². The van der Waals surface area contributed by atoms with Gasteiger partial charge >= 0.3 is 5.97 Å². The van der Waals surface area contributed by atoms with Crippen molar-refractivity contribution in [3.8, 4) is 0 Å². The van der Waals surface area contributed by atoms with Crippen molar-refractivity contribution < 1.29 is 19.4 Å². The lowest BCUT2D eigenvalue weighted by molar-refractivity contribution is -0.144. The molecule has 2 N–H and O–H groups in total. The number of likely N-dealkylation sites (tertiary alicyclic amines) is 1. The summed E-state index contributed by atoms with van der Waals surface area (Å²) in [6.45, 7) is 5.99. The molecule has 1 unspecified atom stereocenters. The van der Waals surface area contributed by atoms with E-state index in [-0.39, 0.29) is 18.6 Å². The minimum absolute atomic E-state index is 0.104. The number of carboxylic acids is 1. The van der Waals surface area contributed by atoms with Crippen molar-refractivity contribution in [3.63, 3.8) is 0 Å². The fourth-order valence-corrected chi connectivity index (χ4v) is 2.50. The molecule has 1 heterocycles. The molecular weight excluding hydrogens is 272 g/mol. The topological polar surface area (TPSA) is 78.9 Å². The first-order chi connectivity index (χ1) is 10.0. The van der Waals surface area contributed by atoms with E-state index < -0.39 is 12.0 Å². The van der Waals surface area contributed by atoms with Crippen molar-refractivity contribution in [3.05, 3.63) is 0 Å². The molecule has 1 fully saturated rings. The van der Waals surface area contributed by atoms with Gasteiger partial charge in [0.25, 0.3) is 0 Å². The molecule has 0 radical (unpaired) electrons. The molecule has 0 saturated carbocycles. The molecule has 0 aromatic rings. The summed E-state index contributed by atoms with van der Waals surface area (Å²) in [5.74, 6) is -0.928. The van der Waals surface area contributed by atoms with Gasteiger partial charge in [-0.1, -0.05) is 12.8 Å². The number of nitrogens with zero attached hydrogens (tertiary/aromatic N) is 1. The third kappa shape index (κ3) is 7.43. The number of hydrogen-bond acceptors (Lipinski definition) is 4. The third-order valence-corrected chi connectivity index (χ3v) is 3.59. The van der Waals surface area contributed by atoms with Gasteiger partial charge in [-0.2, -0.15) is 0 Å². The van der Waals surface area contributed by atoms with Gasteiger partial charge in [0.15, 0.2) is 0 Å². The number of carbonyl (C=O) groups excluding carboxylic acids is 1. The van der Waals surface area contributed by atoms with Gasteiger partial charge in [0.1, 0.15) is 6.04 Å². The molecule has 1 aliphatic heterocycles. The summed E-state index contributed by atoms with van der Waals surface area (Å²) in [6.07, 6.45) is 4.51. The van der Waals surface area contributed by atoms with E-state index in [1.807, 2.05) is 13.8 Å². The summed E-state index contributed by atoms with van der Waals surface area (Å²) < 4.78 is 5.40. The number of amides is 1.